The molecule has 1 unspecified atom stereocenters. The molecule has 1 heterocycles. The van der Waals surface area contributed by atoms with E-state index >= 15 is 0 Å². The normalized spacial score (nSPS) is 16.7. The number of hydrogen-bond acceptors (Lipinski definition) is 2. The minimum atomic E-state index is 0.0559. The third-order valence-corrected chi connectivity index (χ3v) is 5.76. The van der Waals surface area contributed by atoms with Crippen molar-refractivity contribution < 1.29 is 4.79 Å². The minimum absolute atomic E-state index is 0.0559. The molecule has 0 aliphatic heterocycles. The predicted molar refractivity (Wildman–Crippen MR) is 91.5 cm³/mol. The van der Waals surface area contributed by atoms with Crippen LogP contribution in [-0.2, 0) is 6.42 Å². The molecule has 1 N–H and O–H groups in total. The van der Waals surface area contributed by atoms with E-state index in [1.54, 1.807) is 11.3 Å². The highest BCUT2D eigenvalue weighted by Gasteiger charge is 2.25. The molecule has 110 valence electrons. The van der Waals surface area contributed by atoms with Crippen LogP contribution in [0.1, 0.15) is 38.8 Å². The largest absolute Gasteiger partial charge is 0.345 e. The zero-order chi connectivity index (χ0) is 15.1. The number of nitrogens with one attached hydrogen (secondary N) is 1. The van der Waals surface area contributed by atoms with Gasteiger partial charge in [0.25, 0.3) is 5.91 Å². The maximum atomic E-state index is 12.7. The highest BCUT2D eigenvalue weighted by atomic mass is 32.1. The molecule has 1 aliphatic carbocycles. The van der Waals surface area contributed by atoms with Gasteiger partial charge in [-0.1, -0.05) is 42.5 Å². The fourth-order valence-electron chi connectivity index (χ4n) is 3.32. The lowest BCUT2D eigenvalue weighted by Gasteiger charge is -2.13. The Kier molecular flexibility index (Phi) is 3.23. The molecule has 1 atom stereocenters. The lowest BCUT2D eigenvalue weighted by molar-refractivity contribution is 0.0940. The molecule has 0 saturated carbocycles. The Bertz CT molecular complexity index is 865. The number of rotatable bonds is 2. The minimum Gasteiger partial charge on any atom is -0.345 e. The number of hydrogen-bond donors (Lipinski definition) is 1. The van der Waals surface area contributed by atoms with Gasteiger partial charge >= 0.3 is 0 Å². The summed E-state index contributed by atoms with van der Waals surface area (Å²) >= 11 is 1.58. The summed E-state index contributed by atoms with van der Waals surface area (Å²) in [7, 11) is 0. The molecule has 0 bridgehead atoms. The quantitative estimate of drug-likeness (QED) is 0.735. The van der Waals surface area contributed by atoms with Crippen LogP contribution in [0, 0.1) is 6.92 Å². The Hall–Kier alpha value is -2.13. The maximum absolute atomic E-state index is 12.7. The topological polar surface area (TPSA) is 29.1 Å². The van der Waals surface area contributed by atoms with Crippen LogP contribution in [0.4, 0.5) is 0 Å². The molecule has 0 saturated heterocycles. The van der Waals surface area contributed by atoms with E-state index in [0.29, 0.717) is 0 Å². The lowest BCUT2D eigenvalue weighted by Crippen LogP contribution is -2.26. The van der Waals surface area contributed by atoms with E-state index in [1.807, 2.05) is 25.1 Å². The summed E-state index contributed by atoms with van der Waals surface area (Å²) in [6.45, 7) is 2.04. The molecular weight excluding hydrogens is 290 g/mol. The van der Waals surface area contributed by atoms with Crippen LogP contribution in [0.15, 0.2) is 48.5 Å². The summed E-state index contributed by atoms with van der Waals surface area (Å²) in [4.78, 5) is 13.5. The molecule has 0 radical (unpaired) electrons. The summed E-state index contributed by atoms with van der Waals surface area (Å²) < 4.78 is 1.18. The fraction of sp³-hybridized carbons (Fsp3) is 0.211. The summed E-state index contributed by atoms with van der Waals surface area (Å²) in [5.74, 6) is 0.0559. The van der Waals surface area contributed by atoms with Crippen molar-refractivity contribution in [1.82, 2.24) is 5.32 Å². The van der Waals surface area contributed by atoms with Gasteiger partial charge in [-0.2, -0.15) is 0 Å². The molecule has 22 heavy (non-hydrogen) atoms. The molecule has 2 nitrogen and oxygen atoms in total. The van der Waals surface area contributed by atoms with Crippen molar-refractivity contribution in [3.8, 4) is 0 Å². The number of amides is 1. The number of benzene rings is 2. The predicted octanol–water partition coefficient (Wildman–Crippen LogP) is 4.63. The Morgan fingerprint density at radius 3 is 2.77 bits per heavy atom. The SMILES string of the molecule is Cc1c(C(=O)NC2CCc3ccccc32)sc2ccccc12. The molecule has 1 aromatic heterocycles. The average Bonchev–Trinajstić information content (AvgIpc) is 3.10. The van der Waals surface area contributed by atoms with Gasteiger partial charge in [-0.15, -0.1) is 11.3 Å². The zero-order valence-corrected chi connectivity index (χ0v) is 13.2. The van der Waals surface area contributed by atoms with Gasteiger partial charge in [0, 0.05) is 4.70 Å². The summed E-state index contributed by atoms with van der Waals surface area (Å²) in [6.07, 6.45) is 2.04. The van der Waals surface area contributed by atoms with Crippen LogP contribution >= 0.6 is 11.3 Å². The van der Waals surface area contributed by atoms with Gasteiger partial charge in [-0.25, -0.2) is 0 Å². The van der Waals surface area contributed by atoms with Crippen LogP contribution < -0.4 is 5.32 Å². The van der Waals surface area contributed by atoms with E-state index in [-0.39, 0.29) is 11.9 Å². The van der Waals surface area contributed by atoms with Crippen molar-refractivity contribution >= 4 is 27.3 Å². The van der Waals surface area contributed by atoms with E-state index in [9.17, 15) is 4.79 Å². The first kappa shape index (κ1) is 13.5. The molecule has 1 amide bonds. The van der Waals surface area contributed by atoms with E-state index < -0.39 is 0 Å². The van der Waals surface area contributed by atoms with Crippen molar-refractivity contribution in [1.29, 1.82) is 0 Å². The Balaban J connectivity index is 1.64. The van der Waals surface area contributed by atoms with Crippen LogP contribution in [0.5, 0.6) is 0 Å². The summed E-state index contributed by atoms with van der Waals surface area (Å²) in [6, 6.07) is 16.8. The van der Waals surface area contributed by atoms with Gasteiger partial charge < -0.3 is 5.32 Å². The van der Waals surface area contributed by atoms with Crippen molar-refractivity contribution in [2.45, 2.75) is 25.8 Å². The smallest absolute Gasteiger partial charge is 0.262 e. The van der Waals surface area contributed by atoms with Gasteiger partial charge in [0.15, 0.2) is 0 Å². The summed E-state index contributed by atoms with van der Waals surface area (Å²) in [5.41, 5.74) is 3.72. The third kappa shape index (κ3) is 2.13. The Labute approximate surface area is 133 Å². The van der Waals surface area contributed by atoms with E-state index in [4.69, 9.17) is 0 Å². The molecular formula is C19H17NOS. The molecule has 3 aromatic rings. The summed E-state index contributed by atoms with van der Waals surface area (Å²) in [5, 5.41) is 4.41. The van der Waals surface area contributed by atoms with Crippen LogP contribution in [0.2, 0.25) is 0 Å². The van der Waals surface area contributed by atoms with E-state index in [0.717, 1.165) is 23.3 Å². The highest BCUT2D eigenvalue weighted by Crippen LogP contribution is 2.33. The third-order valence-electron chi connectivity index (χ3n) is 4.49. The van der Waals surface area contributed by atoms with Crippen LogP contribution in [0.3, 0.4) is 0 Å². The van der Waals surface area contributed by atoms with Crippen molar-refractivity contribution in [3.05, 3.63) is 70.1 Å². The average molecular weight is 307 g/mol. The Morgan fingerprint density at radius 1 is 1.14 bits per heavy atom. The maximum Gasteiger partial charge on any atom is 0.262 e. The Morgan fingerprint density at radius 2 is 1.91 bits per heavy atom. The van der Waals surface area contributed by atoms with E-state index in [2.05, 4.69) is 35.6 Å². The van der Waals surface area contributed by atoms with Crippen LogP contribution in [0.25, 0.3) is 10.1 Å². The first-order chi connectivity index (χ1) is 10.7. The van der Waals surface area contributed by atoms with Crippen molar-refractivity contribution in [3.63, 3.8) is 0 Å². The monoisotopic (exact) mass is 307 g/mol. The number of thiophene rings is 1. The lowest BCUT2D eigenvalue weighted by atomic mass is 10.1. The van der Waals surface area contributed by atoms with E-state index in [1.165, 1.54) is 21.2 Å². The number of carbonyl (C=O) groups excluding carboxylic acids is 1. The first-order valence-electron chi connectivity index (χ1n) is 7.61. The van der Waals surface area contributed by atoms with Gasteiger partial charge in [-0.3, -0.25) is 4.79 Å². The van der Waals surface area contributed by atoms with Crippen LogP contribution in [-0.4, -0.2) is 5.91 Å². The molecule has 0 fully saturated rings. The van der Waals surface area contributed by atoms with Crippen molar-refractivity contribution in [2.75, 3.05) is 0 Å². The molecule has 3 heteroatoms. The van der Waals surface area contributed by atoms with Gasteiger partial charge in [-0.05, 0) is 47.9 Å². The van der Waals surface area contributed by atoms with Crippen molar-refractivity contribution in [2.24, 2.45) is 0 Å². The molecule has 4 rings (SSSR count). The second-order valence-electron chi connectivity index (χ2n) is 5.82. The first-order valence-corrected chi connectivity index (χ1v) is 8.42. The number of aryl methyl sites for hydroxylation is 2. The molecule has 1 aliphatic rings. The highest BCUT2D eigenvalue weighted by molar-refractivity contribution is 7.21. The molecule has 0 spiro atoms. The standard InChI is InChI=1S/C19H17NOS/c1-12-14-7-4-5-9-17(14)22-18(12)19(21)20-16-11-10-13-6-2-3-8-15(13)16/h2-9,16H,10-11H2,1H3,(H,20,21). The number of fused-ring (bicyclic) bond motifs is 2. The fourth-order valence-corrected chi connectivity index (χ4v) is 4.43. The zero-order valence-electron chi connectivity index (χ0n) is 12.4. The van der Waals surface area contributed by atoms with Gasteiger partial charge in [0.2, 0.25) is 0 Å². The number of carbonyl (C=O) groups is 1. The molecule has 2 aromatic carbocycles. The van der Waals surface area contributed by atoms with Gasteiger partial charge in [0.1, 0.15) is 0 Å². The second kappa shape index (κ2) is 5.25. The van der Waals surface area contributed by atoms with Gasteiger partial charge in [0.05, 0.1) is 10.9 Å². The second-order valence-corrected chi connectivity index (χ2v) is 6.87.